The number of aliphatic carboxylic acids is 1. The summed E-state index contributed by atoms with van der Waals surface area (Å²) in [6.07, 6.45) is 1.09. The van der Waals surface area contributed by atoms with Crippen LogP contribution >= 0.6 is 11.8 Å². The monoisotopic (exact) mass is 265 g/mol. The quantitative estimate of drug-likeness (QED) is 0.718. The molecule has 9 heteroatoms. The molecule has 0 aliphatic carbocycles. The summed E-state index contributed by atoms with van der Waals surface area (Å²) in [4.78, 5) is 14.3. The second-order valence-corrected chi connectivity index (χ2v) is 6.27. The first-order valence-electron chi connectivity index (χ1n) is 4.20. The van der Waals surface area contributed by atoms with Crippen LogP contribution in [0.4, 0.5) is 0 Å². The van der Waals surface area contributed by atoms with Crippen molar-refractivity contribution in [1.82, 2.24) is 14.8 Å². The molecule has 0 fully saturated rings. The predicted octanol–water partition coefficient (Wildman–Crippen LogP) is -0.464. The molecule has 7 nitrogen and oxygen atoms in total. The van der Waals surface area contributed by atoms with Crippen molar-refractivity contribution in [2.45, 2.75) is 10.9 Å². The Labute approximate surface area is 96.8 Å². The minimum absolute atomic E-state index is 0.134. The number of hydrogen-bond acceptors (Lipinski definition) is 6. The van der Waals surface area contributed by atoms with Crippen LogP contribution in [0.2, 0.25) is 0 Å². The minimum atomic E-state index is -3.18. The van der Waals surface area contributed by atoms with E-state index in [0.717, 1.165) is 18.0 Å². The van der Waals surface area contributed by atoms with Crippen LogP contribution in [0, 0.1) is 0 Å². The lowest BCUT2D eigenvalue weighted by Gasteiger charge is -1.94. The van der Waals surface area contributed by atoms with Crippen LogP contribution in [-0.4, -0.2) is 46.3 Å². The minimum Gasteiger partial charge on any atom is -0.481 e. The maximum atomic E-state index is 11.0. The Morgan fingerprint density at radius 3 is 2.69 bits per heavy atom. The average Bonchev–Trinajstić information content (AvgIpc) is 2.39. The van der Waals surface area contributed by atoms with Crippen LogP contribution in [0.5, 0.6) is 0 Å². The Kier molecular flexibility index (Phi) is 3.92. The van der Waals surface area contributed by atoms with E-state index in [2.05, 4.69) is 10.1 Å². The van der Waals surface area contributed by atoms with Gasteiger partial charge in [-0.1, -0.05) is 11.8 Å². The molecule has 0 radical (unpaired) electrons. The second kappa shape index (κ2) is 4.83. The fraction of sp³-hybridized carbons (Fsp3) is 0.571. The van der Waals surface area contributed by atoms with E-state index in [-0.39, 0.29) is 17.3 Å². The molecular weight excluding hydrogens is 254 g/mol. The molecule has 0 aliphatic heterocycles. The molecule has 90 valence electrons. The number of aromatic nitrogens is 3. The van der Waals surface area contributed by atoms with Gasteiger partial charge in [-0.15, -0.1) is 0 Å². The molecular formula is C7H11N3O4S2. The Bertz CT molecular complexity index is 494. The molecule has 1 aromatic heterocycles. The van der Waals surface area contributed by atoms with Crippen molar-refractivity contribution < 1.29 is 18.3 Å². The van der Waals surface area contributed by atoms with E-state index >= 15 is 0 Å². The SMILES string of the molecule is Cn1nc(CS(C)(=O)=O)nc1SCC(=O)O. The fourth-order valence-electron chi connectivity index (χ4n) is 0.969. The summed E-state index contributed by atoms with van der Waals surface area (Å²) in [5.41, 5.74) is 0. The van der Waals surface area contributed by atoms with Gasteiger partial charge in [0.15, 0.2) is 20.8 Å². The first-order chi connectivity index (χ1) is 7.28. The molecule has 0 unspecified atom stereocenters. The van der Waals surface area contributed by atoms with E-state index in [1.807, 2.05) is 0 Å². The van der Waals surface area contributed by atoms with Crippen LogP contribution in [0.1, 0.15) is 5.82 Å². The van der Waals surface area contributed by atoms with E-state index in [1.54, 1.807) is 7.05 Å². The van der Waals surface area contributed by atoms with Crippen LogP contribution in [0.25, 0.3) is 0 Å². The van der Waals surface area contributed by atoms with Gasteiger partial charge in [-0.05, 0) is 0 Å². The molecule has 16 heavy (non-hydrogen) atoms. The second-order valence-electron chi connectivity index (χ2n) is 3.19. The van der Waals surface area contributed by atoms with Crippen molar-refractivity contribution >= 4 is 27.6 Å². The summed E-state index contributed by atoms with van der Waals surface area (Å²) < 4.78 is 23.4. The largest absolute Gasteiger partial charge is 0.481 e. The number of nitrogens with zero attached hydrogens (tertiary/aromatic N) is 3. The normalized spacial score (nSPS) is 11.6. The Hall–Kier alpha value is -1.09. The van der Waals surface area contributed by atoms with Crippen molar-refractivity contribution in [3.05, 3.63) is 5.82 Å². The van der Waals surface area contributed by atoms with Gasteiger partial charge in [-0.2, -0.15) is 5.10 Å². The summed E-state index contributed by atoms with van der Waals surface area (Å²) in [5.74, 6) is -1.16. The highest BCUT2D eigenvalue weighted by Crippen LogP contribution is 2.15. The molecule has 0 spiro atoms. The molecule has 0 aromatic carbocycles. The molecule has 0 atom stereocenters. The van der Waals surface area contributed by atoms with Crippen LogP contribution < -0.4 is 0 Å². The van der Waals surface area contributed by atoms with Gasteiger partial charge >= 0.3 is 5.97 Å². The molecule has 0 saturated carbocycles. The van der Waals surface area contributed by atoms with E-state index in [4.69, 9.17) is 5.11 Å². The molecule has 0 aliphatic rings. The van der Waals surface area contributed by atoms with E-state index in [9.17, 15) is 13.2 Å². The zero-order valence-electron chi connectivity index (χ0n) is 8.74. The van der Waals surface area contributed by atoms with Crippen molar-refractivity contribution in [2.75, 3.05) is 12.0 Å². The molecule has 0 bridgehead atoms. The highest BCUT2D eigenvalue weighted by Gasteiger charge is 2.13. The molecule has 1 aromatic rings. The molecule has 1 N–H and O–H groups in total. The number of thioether (sulfide) groups is 1. The van der Waals surface area contributed by atoms with Gasteiger partial charge < -0.3 is 5.11 Å². The van der Waals surface area contributed by atoms with Crippen molar-refractivity contribution in [3.63, 3.8) is 0 Å². The Morgan fingerprint density at radius 1 is 1.56 bits per heavy atom. The third-order valence-electron chi connectivity index (χ3n) is 1.48. The van der Waals surface area contributed by atoms with Gasteiger partial charge in [0.1, 0.15) is 5.75 Å². The van der Waals surface area contributed by atoms with Gasteiger partial charge in [0, 0.05) is 13.3 Å². The topological polar surface area (TPSA) is 102 Å². The third kappa shape index (κ3) is 4.19. The van der Waals surface area contributed by atoms with Crippen molar-refractivity contribution in [1.29, 1.82) is 0 Å². The number of carboxylic acids is 1. The lowest BCUT2D eigenvalue weighted by Crippen LogP contribution is -2.03. The first kappa shape index (κ1) is 13.0. The van der Waals surface area contributed by atoms with Crippen LogP contribution in [0.3, 0.4) is 0 Å². The number of carboxylic acid groups (broad SMARTS) is 1. The maximum Gasteiger partial charge on any atom is 0.313 e. The lowest BCUT2D eigenvalue weighted by atomic mass is 10.7. The number of sulfone groups is 1. The van der Waals surface area contributed by atoms with Crippen LogP contribution in [-0.2, 0) is 27.4 Å². The zero-order chi connectivity index (χ0) is 12.3. The van der Waals surface area contributed by atoms with Crippen LogP contribution in [0.15, 0.2) is 5.16 Å². The predicted molar refractivity (Wildman–Crippen MR) is 57.9 cm³/mol. The summed E-state index contributed by atoms with van der Waals surface area (Å²) in [6.45, 7) is 0. The van der Waals surface area contributed by atoms with Gasteiger partial charge in [-0.25, -0.2) is 18.1 Å². The number of aryl methyl sites for hydroxylation is 1. The van der Waals surface area contributed by atoms with Gasteiger partial charge in [0.25, 0.3) is 0 Å². The maximum absolute atomic E-state index is 11.0. The van der Waals surface area contributed by atoms with Gasteiger partial charge in [0.05, 0.1) is 5.75 Å². The van der Waals surface area contributed by atoms with E-state index < -0.39 is 15.8 Å². The summed E-state index contributed by atoms with van der Waals surface area (Å²) in [6, 6.07) is 0. The summed E-state index contributed by atoms with van der Waals surface area (Å²) >= 11 is 0.997. The third-order valence-corrected chi connectivity index (χ3v) is 3.27. The van der Waals surface area contributed by atoms with Crippen molar-refractivity contribution in [3.8, 4) is 0 Å². The molecule has 1 rings (SSSR count). The summed E-state index contributed by atoms with van der Waals surface area (Å²) in [7, 11) is -1.59. The number of rotatable bonds is 5. The van der Waals surface area contributed by atoms with E-state index in [1.165, 1.54) is 4.68 Å². The van der Waals surface area contributed by atoms with Crippen molar-refractivity contribution in [2.24, 2.45) is 7.05 Å². The fourth-order valence-corrected chi connectivity index (χ4v) is 2.21. The lowest BCUT2D eigenvalue weighted by molar-refractivity contribution is -0.133. The smallest absolute Gasteiger partial charge is 0.313 e. The standard InChI is InChI=1S/C7H11N3O4S2/c1-10-7(15-3-6(11)12)8-5(9-10)4-16(2,13)14/h3-4H2,1-2H3,(H,11,12). The number of hydrogen-bond donors (Lipinski definition) is 1. The molecule has 0 saturated heterocycles. The number of carbonyl (C=O) groups is 1. The highest BCUT2D eigenvalue weighted by molar-refractivity contribution is 7.99. The highest BCUT2D eigenvalue weighted by atomic mass is 32.2. The Balaban J connectivity index is 2.78. The Morgan fingerprint density at radius 2 is 2.19 bits per heavy atom. The molecule has 1 heterocycles. The molecule has 0 amide bonds. The zero-order valence-corrected chi connectivity index (χ0v) is 10.4. The summed E-state index contributed by atoms with van der Waals surface area (Å²) in [5, 5.41) is 12.8. The van der Waals surface area contributed by atoms with Gasteiger partial charge in [0.2, 0.25) is 0 Å². The first-order valence-corrected chi connectivity index (χ1v) is 7.25. The van der Waals surface area contributed by atoms with Gasteiger partial charge in [-0.3, -0.25) is 4.79 Å². The van der Waals surface area contributed by atoms with E-state index in [0.29, 0.717) is 5.16 Å². The average molecular weight is 265 g/mol.